The van der Waals surface area contributed by atoms with Gasteiger partial charge in [-0.3, -0.25) is 4.79 Å². The van der Waals surface area contributed by atoms with Crippen LogP contribution < -0.4 is 0 Å². The van der Waals surface area contributed by atoms with Crippen molar-refractivity contribution in [3.63, 3.8) is 0 Å². The van der Waals surface area contributed by atoms with Gasteiger partial charge in [-0.1, -0.05) is 11.6 Å². The number of alkyl halides is 2. The molecule has 0 atom stereocenters. The summed E-state index contributed by atoms with van der Waals surface area (Å²) in [6, 6.07) is 2.68. The minimum absolute atomic E-state index is 0.0686. The first-order valence-corrected chi connectivity index (χ1v) is 4.81. The molecule has 0 aliphatic carbocycles. The molecule has 0 aliphatic rings. The molecule has 17 heavy (non-hydrogen) atoms. The van der Waals surface area contributed by atoms with Crippen molar-refractivity contribution in [2.24, 2.45) is 0 Å². The van der Waals surface area contributed by atoms with Crippen LogP contribution in [0.3, 0.4) is 0 Å². The molecule has 4 nitrogen and oxygen atoms in total. The van der Waals surface area contributed by atoms with E-state index in [-0.39, 0.29) is 17.7 Å². The second-order valence-electron chi connectivity index (χ2n) is 3.04. The lowest BCUT2D eigenvalue weighted by molar-refractivity contribution is -0.139. The Labute approximate surface area is 101 Å². The summed E-state index contributed by atoms with van der Waals surface area (Å²) >= 11 is 5.49. The van der Waals surface area contributed by atoms with E-state index in [4.69, 9.17) is 16.9 Å². The zero-order chi connectivity index (χ0) is 13.0. The number of nitriles is 1. The van der Waals surface area contributed by atoms with Gasteiger partial charge in [-0.25, -0.2) is 13.8 Å². The highest BCUT2D eigenvalue weighted by Crippen LogP contribution is 2.27. The van der Waals surface area contributed by atoms with E-state index in [1.807, 2.05) is 0 Å². The normalized spacial score (nSPS) is 10.1. The molecular weight excluding hydrogens is 254 g/mol. The number of carbonyl (C=O) groups excluding carboxylic acids is 1. The standard InChI is InChI=1S/C10H7ClF2N2O2/c1-17-8(16)3-5-2-6(10(12)13)9(11)15-7(5)4-14/h2,10H,3H2,1H3. The van der Waals surface area contributed by atoms with Crippen LogP contribution in [-0.2, 0) is 16.0 Å². The van der Waals surface area contributed by atoms with Gasteiger partial charge in [0.1, 0.15) is 16.9 Å². The largest absolute Gasteiger partial charge is 0.469 e. The number of carbonyl (C=O) groups is 1. The zero-order valence-corrected chi connectivity index (χ0v) is 9.46. The fourth-order valence-corrected chi connectivity index (χ4v) is 1.38. The summed E-state index contributed by atoms with van der Waals surface area (Å²) in [6.07, 6.45) is -3.12. The lowest BCUT2D eigenvalue weighted by Crippen LogP contribution is -2.08. The van der Waals surface area contributed by atoms with Crippen molar-refractivity contribution < 1.29 is 18.3 Å². The Bertz CT molecular complexity index is 486. The van der Waals surface area contributed by atoms with Gasteiger partial charge in [0.05, 0.1) is 19.1 Å². The number of methoxy groups -OCH3 is 1. The van der Waals surface area contributed by atoms with Gasteiger partial charge in [0.15, 0.2) is 0 Å². The second-order valence-corrected chi connectivity index (χ2v) is 3.40. The van der Waals surface area contributed by atoms with Crippen molar-refractivity contribution in [1.29, 1.82) is 5.26 Å². The van der Waals surface area contributed by atoms with E-state index in [2.05, 4.69) is 9.72 Å². The second kappa shape index (κ2) is 5.55. The fourth-order valence-electron chi connectivity index (χ4n) is 1.16. The molecule has 0 saturated heterocycles. The number of nitrogens with zero attached hydrogens (tertiary/aromatic N) is 2. The van der Waals surface area contributed by atoms with Crippen LogP contribution in [-0.4, -0.2) is 18.1 Å². The molecule has 0 aromatic carbocycles. The zero-order valence-electron chi connectivity index (χ0n) is 8.71. The minimum atomic E-state index is -2.82. The van der Waals surface area contributed by atoms with E-state index in [0.29, 0.717) is 0 Å². The molecule has 0 N–H and O–H groups in total. The summed E-state index contributed by atoms with van der Waals surface area (Å²) in [4.78, 5) is 14.6. The van der Waals surface area contributed by atoms with Crippen molar-refractivity contribution >= 4 is 17.6 Å². The summed E-state index contributed by atoms with van der Waals surface area (Å²) in [5.41, 5.74) is -0.603. The molecule has 7 heteroatoms. The molecule has 0 amide bonds. The first-order valence-electron chi connectivity index (χ1n) is 4.44. The molecule has 1 heterocycles. The van der Waals surface area contributed by atoms with E-state index < -0.39 is 23.1 Å². The number of hydrogen-bond acceptors (Lipinski definition) is 4. The number of pyridine rings is 1. The smallest absolute Gasteiger partial charge is 0.310 e. The van der Waals surface area contributed by atoms with Gasteiger partial charge in [0.2, 0.25) is 0 Å². The Balaban J connectivity index is 3.23. The van der Waals surface area contributed by atoms with Crippen molar-refractivity contribution in [1.82, 2.24) is 4.98 Å². The van der Waals surface area contributed by atoms with Crippen LogP contribution in [0.4, 0.5) is 8.78 Å². The molecule has 0 fully saturated rings. The maximum Gasteiger partial charge on any atom is 0.310 e. The van der Waals surface area contributed by atoms with Crippen LogP contribution in [0, 0.1) is 11.3 Å². The summed E-state index contributed by atoms with van der Waals surface area (Å²) in [5, 5.41) is 8.31. The van der Waals surface area contributed by atoms with Gasteiger partial charge in [0, 0.05) is 5.56 Å². The van der Waals surface area contributed by atoms with Gasteiger partial charge in [0.25, 0.3) is 6.43 Å². The maximum absolute atomic E-state index is 12.5. The van der Waals surface area contributed by atoms with Gasteiger partial charge in [-0.15, -0.1) is 0 Å². The lowest BCUT2D eigenvalue weighted by atomic mass is 10.1. The van der Waals surface area contributed by atoms with E-state index in [1.54, 1.807) is 6.07 Å². The van der Waals surface area contributed by atoms with E-state index >= 15 is 0 Å². The lowest BCUT2D eigenvalue weighted by Gasteiger charge is -2.07. The molecule has 0 radical (unpaired) electrons. The SMILES string of the molecule is COC(=O)Cc1cc(C(F)F)c(Cl)nc1C#N. The van der Waals surface area contributed by atoms with Crippen molar-refractivity contribution in [2.45, 2.75) is 12.8 Å². The first kappa shape index (κ1) is 13.3. The summed E-state index contributed by atoms with van der Waals surface area (Å²) < 4.78 is 29.5. The topological polar surface area (TPSA) is 63.0 Å². The molecule has 1 rings (SSSR count). The van der Waals surface area contributed by atoms with Gasteiger partial charge in [-0.2, -0.15) is 5.26 Å². The molecule has 90 valence electrons. The van der Waals surface area contributed by atoms with Crippen molar-refractivity contribution in [2.75, 3.05) is 7.11 Å². The fraction of sp³-hybridized carbons (Fsp3) is 0.300. The third kappa shape index (κ3) is 3.11. The molecule has 1 aromatic heterocycles. The molecule has 0 aliphatic heterocycles. The summed E-state index contributed by atoms with van der Waals surface area (Å²) in [5.74, 6) is -0.647. The van der Waals surface area contributed by atoms with Crippen LogP contribution in [0.1, 0.15) is 23.2 Å². The third-order valence-corrected chi connectivity index (χ3v) is 2.29. The Hall–Kier alpha value is -1.74. The van der Waals surface area contributed by atoms with E-state index in [0.717, 1.165) is 13.2 Å². The molecule has 0 bridgehead atoms. The number of esters is 1. The Morgan fingerprint density at radius 2 is 2.35 bits per heavy atom. The van der Waals surface area contributed by atoms with Gasteiger partial charge < -0.3 is 4.74 Å². The average molecular weight is 261 g/mol. The first-order chi connectivity index (χ1) is 7.99. The molecule has 0 saturated carbocycles. The Morgan fingerprint density at radius 1 is 1.71 bits per heavy atom. The highest BCUT2D eigenvalue weighted by Gasteiger charge is 2.18. The number of hydrogen-bond donors (Lipinski definition) is 0. The van der Waals surface area contributed by atoms with Crippen LogP contribution in [0.25, 0.3) is 0 Å². The number of ether oxygens (including phenoxy) is 1. The predicted molar refractivity (Wildman–Crippen MR) is 54.6 cm³/mol. The number of halogens is 3. The summed E-state index contributed by atoms with van der Waals surface area (Å²) in [6.45, 7) is 0. The molecule has 0 spiro atoms. The Kier molecular flexibility index (Phi) is 4.35. The van der Waals surface area contributed by atoms with Crippen molar-refractivity contribution in [3.05, 3.63) is 28.0 Å². The number of rotatable bonds is 3. The Morgan fingerprint density at radius 3 is 2.82 bits per heavy atom. The van der Waals surface area contributed by atoms with Crippen molar-refractivity contribution in [3.8, 4) is 6.07 Å². The highest BCUT2D eigenvalue weighted by atomic mass is 35.5. The quantitative estimate of drug-likeness (QED) is 0.618. The minimum Gasteiger partial charge on any atom is -0.469 e. The summed E-state index contributed by atoms with van der Waals surface area (Å²) in [7, 11) is 1.16. The van der Waals surface area contributed by atoms with Crippen LogP contribution >= 0.6 is 11.6 Å². The van der Waals surface area contributed by atoms with E-state index in [9.17, 15) is 13.6 Å². The highest BCUT2D eigenvalue weighted by molar-refractivity contribution is 6.30. The average Bonchev–Trinajstić information content (AvgIpc) is 2.30. The van der Waals surface area contributed by atoms with Crippen LogP contribution in [0.5, 0.6) is 0 Å². The monoisotopic (exact) mass is 260 g/mol. The van der Waals surface area contributed by atoms with E-state index in [1.165, 1.54) is 0 Å². The van der Waals surface area contributed by atoms with Gasteiger partial charge >= 0.3 is 5.97 Å². The van der Waals surface area contributed by atoms with Gasteiger partial charge in [-0.05, 0) is 6.07 Å². The molecule has 0 unspecified atom stereocenters. The van der Waals surface area contributed by atoms with Crippen LogP contribution in [0.15, 0.2) is 6.07 Å². The van der Waals surface area contributed by atoms with Crippen LogP contribution in [0.2, 0.25) is 5.15 Å². The molecular formula is C10H7ClF2N2O2. The number of aromatic nitrogens is 1. The molecule has 1 aromatic rings. The maximum atomic E-state index is 12.5. The predicted octanol–water partition coefficient (Wildman–Crippen LogP) is 2.26. The third-order valence-electron chi connectivity index (χ3n) is 1.99.